The second kappa shape index (κ2) is 2.72. The van der Waals surface area contributed by atoms with E-state index in [4.69, 9.17) is 0 Å². The van der Waals surface area contributed by atoms with Crippen LogP contribution in [0.3, 0.4) is 0 Å². The molecule has 0 spiro atoms. The Bertz CT molecular complexity index is 229. The fourth-order valence-electron chi connectivity index (χ4n) is 2.57. The van der Waals surface area contributed by atoms with Gasteiger partial charge in [0.2, 0.25) is 0 Å². The van der Waals surface area contributed by atoms with E-state index in [0.29, 0.717) is 5.78 Å². The lowest BCUT2D eigenvalue weighted by Gasteiger charge is -2.20. The normalized spacial score (nSPS) is 37.6. The second-order valence-corrected chi connectivity index (χ2v) is 4.19. The fraction of sp³-hybridized carbons (Fsp3) is 0.727. The monoisotopic (exact) mass is 164 g/mol. The molecular weight excluding hydrogens is 148 g/mol. The molecule has 0 amide bonds. The van der Waals surface area contributed by atoms with E-state index in [1.165, 1.54) is 6.42 Å². The van der Waals surface area contributed by atoms with Crippen LogP contribution in [0.1, 0.15) is 39.0 Å². The van der Waals surface area contributed by atoms with Crippen LogP contribution in [0, 0.1) is 11.3 Å². The Hall–Kier alpha value is -0.590. The third kappa shape index (κ3) is 1.03. The molecule has 2 atom stereocenters. The maximum atomic E-state index is 11.8. The van der Waals surface area contributed by atoms with Crippen molar-refractivity contribution in [2.75, 3.05) is 0 Å². The van der Waals surface area contributed by atoms with Crippen molar-refractivity contribution in [2.45, 2.75) is 39.0 Å². The SMILES string of the molecule is CCCC(=O)C12C=CC(CC1)C2. The van der Waals surface area contributed by atoms with Crippen LogP contribution in [0.2, 0.25) is 0 Å². The van der Waals surface area contributed by atoms with Crippen LogP contribution >= 0.6 is 0 Å². The summed E-state index contributed by atoms with van der Waals surface area (Å²) >= 11 is 0. The molecule has 2 aliphatic rings. The zero-order chi connectivity index (χ0) is 8.60. The number of hydrogen-bond donors (Lipinski definition) is 0. The van der Waals surface area contributed by atoms with Gasteiger partial charge in [0, 0.05) is 11.8 Å². The average Bonchev–Trinajstić information content (AvgIpc) is 2.64. The highest BCUT2D eigenvalue weighted by Crippen LogP contribution is 2.50. The molecule has 1 heteroatoms. The maximum absolute atomic E-state index is 11.8. The van der Waals surface area contributed by atoms with Gasteiger partial charge in [-0.2, -0.15) is 0 Å². The number of fused-ring (bicyclic) bond motifs is 2. The van der Waals surface area contributed by atoms with Gasteiger partial charge in [0.05, 0.1) is 0 Å². The summed E-state index contributed by atoms with van der Waals surface area (Å²) in [6.45, 7) is 2.08. The summed E-state index contributed by atoms with van der Waals surface area (Å²) in [5.41, 5.74) is 0.000671. The van der Waals surface area contributed by atoms with E-state index >= 15 is 0 Å². The predicted octanol–water partition coefficient (Wildman–Crippen LogP) is 2.71. The lowest BCUT2D eigenvalue weighted by Crippen LogP contribution is -2.24. The lowest BCUT2D eigenvalue weighted by atomic mass is 9.81. The third-order valence-electron chi connectivity index (χ3n) is 3.31. The van der Waals surface area contributed by atoms with Gasteiger partial charge in [0.1, 0.15) is 5.78 Å². The Balaban J connectivity index is 2.12. The van der Waals surface area contributed by atoms with E-state index in [0.717, 1.165) is 31.6 Å². The van der Waals surface area contributed by atoms with E-state index in [-0.39, 0.29) is 5.41 Å². The Labute approximate surface area is 73.8 Å². The van der Waals surface area contributed by atoms with Crippen LogP contribution in [-0.4, -0.2) is 5.78 Å². The Morgan fingerprint density at radius 3 is 2.92 bits per heavy atom. The first-order valence-corrected chi connectivity index (χ1v) is 4.99. The molecular formula is C11H16O. The number of rotatable bonds is 3. The smallest absolute Gasteiger partial charge is 0.142 e. The predicted molar refractivity (Wildman–Crippen MR) is 48.8 cm³/mol. The molecule has 0 saturated heterocycles. The van der Waals surface area contributed by atoms with E-state index in [2.05, 4.69) is 19.1 Å². The molecule has 0 aromatic heterocycles. The third-order valence-corrected chi connectivity index (χ3v) is 3.31. The van der Waals surface area contributed by atoms with Crippen LogP contribution in [-0.2, 0) is 4.79 Å². The fourth-order valence-corrected chi connectivity index (χ4v) is 2.57. The van der Waals surface area contributed by atoms with Gasteiger partial charge in [0.15, 0.2) is 0 Å². The first kappa shape index (κ1) is 8.03. The van der Waals surface area contributed by atoms with E-state index in [9.17, 15) is 4.79 Å². The van der Waals surface area contributed by atoms with Gasteiger partial charge in [-0.15, -0.1) is 0 Å². The van der Waals surface area contributed by atoms with Gasteiger partial charge in [-0.05, 0) is 31.6 Å². The van der Waals surface area contributed by atoms with Crippen LogP contribution in [0.5, 0.6) is 0 Å². The van der Waals surface area contributed by atoms with Gasteiger partial charge < -0.3 is 0 Å². The van der Waals surface area contributed by atoms with E-state index < -0.39 is 0 Å². The molecule has 0 aromatic carbocycles. The molecule has 0 aromatic rings. The highest BCUT2D eigenvalue weighted by atomic mass is 16.1. The summed E-state index contributed by atoms with van der Waals surface area (Å²) in [6.07, 6.45) is 9.68. The largest absolute Gasteiger partial charge is 0.299 e. The lowest BCUT2D eigenvalue weighted by molar-refractivity contribution is -0.126. The number of Topliss-reactive ketones (excluding diaryl/α,β-unsaturated/α-hetero) is 1. The molecule has 0 heterocycles. The number of carbonyl (C=O) groups excluding carboxylic acids is 1. The highest BCUT2D eigenvalue weighted by Gasteiger charge is 2.45. The van der Waals surface area contributed by atoms with Crippen LogP contribution in [0.15, 0.2) is 12.2 Å². The van der Waals surface area contributed by atoms with E-state index in [1.807, 2.05) is 0 Å². The van der Waals surface area contributed by atoms with Crippen molar-refractivity contribution >= 4 is 5.78 Å². The van der Waals surface area contributed by atoms with Crippen LogP contribution in [0.25, 0.3) is 0 Å². The summed E-state index contributed by atoms with van der Waals surface area (Å²) in [6, 6.07) is 0. The number of hydrogen-bond acceptors (Lipinski definition) is 1. The van der Waals surface area contributed by atoms with E-state index in [1.54, 1.807) is 0 Å². The Kier molecular flexibility index (Phi) is 1.82. The second-order valence-electron chi connectivity index (χ2n) is 4.19. The minimum absolute atomic E-state index is 0.000671. The zero-order valence-electron chi connectivity index (χ0n) is 7.68. The quantitative estimate of drug-likeness (QED) is 0.586. The molecule has 66 valence electrons. The van der Waals surface area contributed by atoms with Crippen molar-refractivity contribution in [3.05, 3.63) is 12.2 Å². The summed E-state index contributed by atoms with van der Waals surface area (Å²) in [5.74, 6) is 1.21. The molecule has 2 aliphatic carbocycles. The van der Waals surface area contributed by atoms with Gasteiger partial charge >= 0.3 is 0 Å². The topological polar surface area (TPSA) is 17.1 Å². The molecule has 12 heavy (non-hydrogen) atoms. The van der Waals surface area contributed by atoms with Crippen LogP contribution < -0.4 is 0 Å². The molecule has 1 saturated carbocycles. The van der Waals surface area contributed by atoms with Gasteiger partial charge in [-0.1, -0.05) is 19.1 Å². The molecule has 2 bridgehead atoms. The number of allylic oxidation sites excluding steroid dienone is 2. The van der Waals surface area contributed by atoms with Crippen molar-refractivity contribution in [3.8, 4) is 0 Å². The summed E-state index contributed by atoms with van der Waals surface area (Å²) < 4.78 is 0. The molecule has 0 radical (unpaired) electrons. The molecule has 0 aliphatic heterocycles. The minimum atomic E-state index is 0.000671. The number of ketones is 1. The average molecular weight is 164 g/mol. The van der Waals surface area contributed by atoms with Gasteiger partial charge in [-0.25, -0.2) is 0 Å². The first-order chi connectivity index (χ1) is 5.77. The molecule has 0 N–H and O–H groups in total. The number of carbonyl (C=O) groups is 1. The van der Waals surface area contributed by atoms with Gasteiger partial charge in [0.25, 0.3) is 0 Å². The van der Waals surface area contributed by atoms with Crippen molar-refractivity contribution in [1.82, 2.24) is 0 Å². The highest BCUT2D eigenvalue weighted by molar-refractivity contribution is 5.87. The molecule has 1 fully saturated rings. The molecule has 1 nitrogen and oxygen atoms in total. The summed E-state index contributed by atoms with van der Waals surface area (Å²) in [4.78, 5) is 11.8. The molecule has 2 unspecified atom stereocenters. The zero-order valence-corrected chi connectivity index (χ0v) is 7.68. The minimum Gasteiger partial charge on any atom is -0.299 e. The van der Waals surface area contributed by atoms with Crippen molar-refractivity contribution in [3.63, 3.8) is 0 Å². The Morgan fingerprint density at radius 2 is 2.50 bits per heavy atom. The van der Waals surface area contributed by atoms with Crippen LogP contribution in [0.4, 0.5) is 0 Å². The first-order valence-electron chi connectivity index (χ1n) is 4.99. The standard InChI is InChI=1S/C11H16O/c1-2-3-10(12)11-6-4-9(8-11)5-7-11/h4,6,9H,2-3,5,7-8H2,1H3. The van der Waals surface area contributed by atoms with Crippen molar-refractivity contribution < 1.29 is 4.79 Å². The Morgan fingerprint density at radius 1 is 1.67 bits per heavy atom. The molecule has 2 rings (SSSR count). The van der Waals surface area contributed by atoms with Crippen molar-refractivity contribution in [1.29, 1.82) is 0 Å². The summed E-state index contributed by atoms with van der Waals surface area (Å²) in [5, 5.41) is 0. The van der Waals surface area contributed by atoms with Crippen molar-refractivity contribution in [2.24, 2.45) is 11.3 Å². The van der Waals surface area contributed by atoms with Gasteiger partial charge in [-0.3, -0.25) is 4.79 Å². The summed E-state index contributed by atoms with van der Waals surface area (Å²) in [7, 11) is 0. The maximum Gasteiger partial charge on any atom is 0.142 e.